The molecule has 0 N–H and O–H groups in total. The van der Waals surface area contributed by atoms with Crippen LogP contribution >= 0.6 is 0 Å². The number of benzene rings is 3. The van der Waals surface area contributed by atoms with Crippen molar-refractivity contribution < 1.29 is 23.7 Å². The molecule has 2 fully saturated rings. The van der Waals surface area contributed by atoms with Gasteiger partial charge in [0.05, 0.1) is 13.2 Å². The summed E-state index contributed by atoms with van der Waals surface area (Å²) in [6.07, 6.45) is -0.880. The van der Waals surface area contributed by atoms with E-state index < -0.39 is 17.2 Å². The highest BCUT2D eigenvalue weighted by molar-refractivity contribution is 5.47. The molecular formula is C30H34O5. The van der Waals surface area contributed by atoms with Crippen LogP contribution in [0.3, 0.4) is 0 Å². The Morgan fingerprint density at radius 1 is 0.686 bits per heavy atom. The third-order valence-corrected chi connectivity index (χ3v) is 6.62. The Morgan fingerprint density at radius 2 is 1.17 bits per heavy atom. The molecule has 184 valence electrons. The lowest BCUT2D eigenvalue weighted by molar-refractivity contribution is -0.175. The van der Waals surface area contributed by atoms with Gasteiger partial charge in [0.25, 0.3) is 0 Å². The third-order valence-electron chi connectivity index (χ3n) is 6.62. The molecule has 2 aliphatic rings. The molecule has 3 aromatic carbocycles. The predicted molar refractivity (Wildman–Crippen MR) is 134 cm³/mol. The molecule has 5 heteroatoms. The zero-order valence-electron chi connectivity index (χ0n) is 20.8. The minimum absolute atomic E-state index is 0.236. The Balaban J connectivity index is 1.53. The van der Waals surface area contributed by atoms with Crippen LogP contribution in [0, 0.1) is 0 Å². The van der Waals surface area contributed by atoms with Gasteiger partial charge in [-0.2, -0.15) is 0 Å². The van der Waals surface area contributed by atoms with Crippen LogP contribution in [0.1, 0.15) is 44.4 Å². The van der Waals surface area contributed by atoms with Gasteiger partial charge in [0.1, 0.15) is 23.9 Å². The summed E-state index contributed by atoms with van der Waals surface area (Å²) in [7, 11) is 0. The van der Waals surface area contributed by atoms with E-state index in [1.165, 1.54) is 0 Å². The third kappa shape index (κ3) is 4.92. The second-order valence-corrected chi connectivity index (χ2v) is 10.1. The second kappa shape index (κ2) is 9.49. The van der Waals surface area contributed by atoms with Gasteiger partial charge in [0.15, 0.2) is 11.6 Å². The topological polar surface area (TPSA) is 46.2 Å². The maximum atomic E-state index is 7.01. The average Bonchev–Trinajstić information content (AvgIpc) is 3.39. The van der Waals surface area contributed by atoms with Crippen LogP contribution in [-0.4, -0.2) is 43.1 Å². The van der Waals surface area contributed by atoms with Crippen LogP contribution in [0.5, 0.6) is 0 Å². The normalized spacial score (nSPS) is 25.5. The molecule has 2 saturated heterocycles. The van der Waals surface area contributed by atoms with Gasteiger partial charge in [-0.05, 0) is 44.4 Å². The molecule has 0 amide bonds. The van der Waals surface area contributed by atoms with Gasteiger partial charge in [-0.1, -0.05) is 91.0 Å². The van der Waals surface area contributed by atoms with Crippen molar-refractivity contribution in [3.8, 4) is 0 Å². The molecule has 0 bridgehead atoms. The zero-order valence-corrected chi connectivity index (χ0v) is 20.8. The predicted octanol–water partition coefficient (Wildman–Crippen LogP) is 5.67. The zero-order chi connectivity index (χ0) is 24.5. The van der Waals surface area contributed by atoms with Gasteiger partial charge in [0, 0.05) is 0 Å². The maximum Gasteiger partial charge on any atom is 0.164 e. The van der Waals surface area contributed by atoms with E-state index in [2.05, 4.69) is 36.4 Å². The lowest BCUT2D eigenvalue weighted by Crippen LogP contribution is -2.43. The second-order valence-electron chi connectivity index (χ2n) is 10.1. The van der Waals surface area contributed by atoms with Gasteiger partial charge in [0.2, 0.25) is 0 Å². The summed E-state index contributed by atoms with van der Waals surface area (Å²) in [5.74, 6) is -1.39. The van der Waals surface area contributed by atoms with Gasteiger partial charge >= 0.3 is 0 Å². The highest BCUT2D eigenvalue weighted by atomic mass is 16.8. The summed E-state index contributed by atoms with van der Waals surface area (Å²) in [5.41, 5.74) is 2.33. The lowest BCUT2D eigenvalue weighted by Gasteiger charge is -2.37. The van der Waals surface area contributed by atoms with Crippen molar-refractivity contribution in [3.05, 3.63) is 108 Å². The molecule has 0 spiro atoms. The molecule has 35 heavy (non-hydrogen) atoms. The Labute approximate surface area is 207 Å². The van der Waals surface area contributed by atoms with Crippen molar-refractivity contribution in [1.82, 2.24) is 0 Å². The van der Waals surface area contributed by atoms with Gasteiger partial charge in [-0.15, -0.1) is 0 Å². The first-order valence-electron chi connectivity index (χ1n) is 12.3. The summed E-state index contributed by atoms with van der Waals surface area (Å²) in [6, 6.07) is 31.0. The van der Waals surface area contributed by atoms with Gasteiger partial charge in [-0.3, -0.25) is 0 Å². The molecule has 0 unspecified atom stereocenters. The number of hydrogen-bond donors (Lipinski definition) is 0. The molecule has 2 heterocycles. The van der Waals surface area contributed by atoms with E-state index in [1.54, 1.807) is 0 Å². The fourth-order valence-corrected chi connectivity index (χ4v) is 5.16. The highest BCUT2D eigenvalue weighted by Gasteiger charge is 2.51. The quantitative estimate of drug-likeness (QED) is 0.413. The van der Waals surface area contributed by atoms with Gasteiger partial charge < -0.3 is 23.7 Å². The molecular weight excluding hydrogens is 440 g/mol. The van der Waals surface area contributed by atoms with Crippen molar-refractivity contribution in [2.75, 3.05) is 13.2 Å². The Bertz CT molecular complexity index is 1000. The summed E-state index contributed by atoms with van der Waals surface area (Å²) in [6.45, 7) is 8.47. The molecule has 3 aromatic rings. The Kier molecular flexibility index (Phi) is 6.55. The smallest absolute Gasteiger partial charge is 0.164 e. The maximum absolute atomic E-state index is 7.01. The lowest BCUT2D eigenvalue weighted by atomic mass is 9.80. The fourth-order valence-electron chi connectivity index (χ4n) is 5.16. The summed E-state index contributed by atoms with van der Waals surface area (Å²) in [5, 5.41) is 0. The number of ether oxygens (including phenoxy) is 5. The van der Waals surface area contributed by atoms with E-state index in [4.69, 9.17) is 23.7 Å². The van der Waals surface area contributed by atoms with E-state index in [9.17, 15) is 0 Å². The van der Waals surface area contributed by atoms with Crippen LogP contribution in [0.15, 0.2) is 91.0 Å². The molecule has 0 aliphatic carbocycles. The van der Waals surface area contributed by atoms with Crippen LogP contribution in [0.2, 0.25) is 0 Å². The molecule has 0 saturated carbocycles. The fraction of sp³-hybridized carbons (Fsp3) is 0.400. The molecule has 5 nitrogen and oxygen atoms in total. The van der Waals surface area contributed by atoms with Crippen molar-refractivity contribution in [3.63, 3.8) is 0 Å². The molecule has 0 aromatic heterocycles. The van der Waals surface area contributed by atoms with Crippen LogP contribution in [-0.2, 0) is 29.3 Å². The monoisotopic (exact) mass is 474 g/mol. The van der Waals surface area contributed by atoms with E-state index in [1.807, 2.05) is 82.3 Å². The Hall–Kier alpha value is -2.54. The number of rotatable bonds is 7. The van der Waals surface area contributed by atoms with E-state index in [0.717, 1.165) is 16.7 Å². The van der Waals surface area contributed by atoms with Crippen molar-refractivity contribution in [1.29, 1.82) is 0 Å². The summed E-state index contributed by atoms with van der Waals surface area (Å²) < 4.78 is 31.7. The molecule has 5 rings (SSSR count). The standard InChI is InChI=1S/C30H34O5/c1-28(2)31-20-25(33-28)27-26(34-29(3,4)35-27)21-32-30(22-14-8-5-9-15-22,23-16-10-6-11-17-23)24-18-12-7-13-19-24/h5-19,25-27H,20-21H2,1-4H3/t25-,26+,27-/m0/s1. The van der Waals surface area contributed by atoms with Crippen molar-refractivity contribution in [2.45, 2.75) is 63.2 Å². The van der Waals surface area contributed by atoms with Crippen LogP contribution in [0.25, 0.3) is 0 Å². The largest absolute Gasteiger partial charge is 0.358 e. The summed E-state index contributed by atoms with van der Waals surface area (Å²) in [4.78, 5) is 0. The van der Waals surface area contributed by atoms with Crippen molar-refractivity contribution >= 4 is 0 Å². The van der Waals surface area contributed by atoms with Crippen LogP contribution in [0.4, 0.5) is 0 Å². The van der Waals surface area contributed by atoms with Gasteiger partial charge in [-0.25, -0.2) is 0 Å². The molecule has 3 atom stereocenters. The average molecular weight is 475 g/mol. The molecule has 0 radical (unpaired) electrons. The first-order chi connectivity index (χ1) is 16.8. The summed E-state index contributed by atoms with van der Waals surface area (Å²) >= 11 is 0. The first-order valence-corrected chi connectivity index (χ1v) is 12.3. The van der Waals surface area contributed by atoms with E-state index in [-0.39, 0.29) is 18.3 Å². The highest BCUT2D eigenvalue weighted by Crippen LogP contribution is 2.42. The van der Waals surface area contributed by atoms with Crippen molar-refractivity contribution in [2.24, 2.45) is 0 Å². The first kappa shape index (κ1) is 24.2. The van der Waals surface area contributed by atoms with Crippen LogP contribution < -0.4 is 0 Å². The van der Waals surface area contributed by atoms with E-state index in [0.29, 0.717) is 13.2 Å². The Morgan fingerprint density at radius 3 is 1.60 bits per heavy atom. The van der Waals surface area contributed by atoms with E-state index >= 15 is 0 Å². The number of hydrogen-bond acceptors (Lipinski definition) is 5. The SMILES string of the molecule is CC1(C)OC[C@@H]([C@@H]2OC(C)(C)O[C@@H]2COC(c2ccccc2)(c2ccccc2)c2ccccc2)O1. The minimum Gasteiger partial charge on any atom is -0.358 e. The minimum atomic E-state index is -0.823. The molecule has 2 aliphatic heterocycles.